The number of rotatable bonds is 4. The number of fused-ring (bicyclic) bond motifs is 2. The van der Waals surface area contributed by atoms with Crippen molar-refractivity contribution in [1.82, 2.24) is 4.90 Å². The Morgan fingerprint density at radius 1 is 1.24 bits per heavy atom. The van der Waals surface area contributed by atoms with Crippen LogP contribution < -0.4 is 5.73 Å². The van der Waals surface area contributed by atoms with Crippen LogP contribution in [0.15, 0.2) is 0 Å². The fraction of sp³-hybridized carbons (Fsp3) is 0.833. The third-order valence-corrected chi connectivity index (χ3v) is 3.81. The summed E-state index contributed by atoms with van der Waals surface area (Å²) in [5, 5.41) is 8.54. The van der Waals surface area contributed by atoms with Gasteiger partial charge in [-0.1, -0.05) is 0 Å². The first-order valence-corrected chi connectivity index (χ1v) is 6.33. The molecule has 1 saturated carbocycles. The zero-order valence-corrected chi connectivity index (χ0v) is 9.97. The SMILES string of the molecule is NC1CC2CC(C1)N(C(=O)CCCC(=O)O)C2. The number of nitrogens with zero attached hydrogens (tertiary/aromatic N) is 1. The first kappa shape index (κ1) is 12.4. The summed E-state index contributed by atoms with van der Waals surface area (Å²) in [6.07, 6.45) is 3.88. The molecule has 0 aromatic rings. The third kappa shape index (κ3) is 2.97. The molecule has 0 radical (unpaired) electrons. The summed E-state index contributed by atoms with van der Waals surface area (Å²) in [6.45, 7) is 0.824. The van der Waals surface area contributed by atoms with E-state index in [4.69, 9.17) is 10.8 Å². The molecule has 3 atom stereocenters. The van der Waals surface area contributed by atoms with Crippen LogP contribution in [0.2, 0.25) is 0 Å². The molecular formula is C12H20N2O3. The van der Waals surface area contributed by atoms with Crippen LogP contribution in [0.25, 0.3) is 0 Å². The molecule has 0 aromatic carbocycles. The van der Waals surface area contributed by atoms with E-state index in [0.717, 1.165) is 25.8 Å². The standard InChI is InChI=1S/C12H20N2O3/c13-9-4-8-5-10(6-9)14(7-8)11(15)2-1-3-12(16)17/h8-10H,1-7,13H2,(H,16,17). The first-order valence-electron chi connectivity index (χ1n) is 6.33. The summed E-state index contributed by atoms with van der Waals surface area (Å²) < 4.78 is 0. The molecule has 96 valence electrons. The number of carboxylic acids is 1. The van der Waals surface area contributed by atoms with Crippen molar-refractivity contribution in [2.75, 3.05) is 6.54 Å². The highest BCUT2D eigenvalue weighted by atomic mass is 16.4. The second kappa shape index (κ2) is 5.04. The molecule has 17 heavy (non-hydrogen) atoms. The number of amides is 1. The van der Waals surface area contributed by atoms with Crippen molar-refractivity contribution in [3.63, 3.8) is 0 Å². The summed E-state index contributed by atoms with van der Waals surface area (Å²) in [4.78, 5) is 24.3. The van der Waals surface area contributed by atoms with Crippen molar-refractivity contribution < 1.29 is 14.7 Å². The Hall–Kier alpha value is -1.10. The molecule has 2 fully saturated rings. The normalized spacial score (nSPS) is 31.6. The van der Waals surface area contributed by atoms with Crippen LogP contribution >= 0.6 is 0 Å². The molecule has 5 nitrogen and oxygen atoms in total. The van der Waals surface area contributed by atoms with Gasteiger partial charge in [0, 0.05) is 31.5 Å². The summed E-state index contributed by atoms with van der Waals surface area (Å²) in [7, 11) is 0. The van der Waals surface area contributed by atoms with Crippen LogP contribution in [0.4, 0.5) is 0 Å². The Balaban J connectivity index is 1.82. The summed E-state index contributed by atoms with van der Waals surface area (Å²) in [5.41, 5.74) is 5.94. The third-order valence-electron chi connectivity index (χ3n) is 3.81. The van der Waals surface area contributed by atoms with Crippen LogP contribution in [0.5, 0.6) is 0 Å². The van der Waals surface area contributed by atoms with Gasteiger partial charge in [0.2, 0.25) is 5.91 Å². The van der Waals surface area contributed by atoms with E-state index >= 15 is 0 Å². The molecule has 3 unspecified atom stereocenters. The van der Waals surface area contributed by atoms with Crippen LogP contribution in [-0.4, -0.2) is 40.5 Å². The van der Waals surface area contributed by atoms with Gasteiger partial charge in [-0.05, 0) is 31.6 Å². The molecule has 0 aromatic heterocycles. The van der Waals surface area contributed by atoms with E-state index in [-0.39, 0.29) is 18.4 Å². The van der Waals surface area contributed by atoms with Crippen molar-refractivity contribution >= 4 is 11.9 Å². The topological polar surface area (TPSA) is 83.6 Å². The van der Waals surface area contributed by atoms with E-state index in [0.29, 0.717) is 24.8 Å². The Kier molecular flexibility index (Phi) is 3.66. The van der Waals surface area contributed by atoms with Gasteiger partial charge in [-0.3, -0.25) is 9.59 Å². The molecule has 2 aliphatic rings. The van der Waals surface area contributed by atoms with Crippen molar-refractivity contribution in [2.24, 2.45) is 11.7 Å². The Morgan fingerprint density at radius 3 is 2.71 bits per heavy atom. The lowest BCUT2D eigenvalue weighted by atomic mass is 9.87. The minimum absolute atomic E-state index is 0.0766. The molecule has 0 spiro atoms. The number of hydrogen-bond acceptors (Lipinski definition) is 3. The van der Waals surface area contributed by atoms with Crippen LogP contribution in [0.3, 0.4) is 0 Å². The fourth-order valence-corrected chi connectivity index (χ4v) is 3.12. The van der Waals surface area contributed by atoms with E-state index in [9.17, 15) is 9.59 Å². The van der Waals surface area contributed by atoms with Crippen molar-refractivity contribution in [2.45, 2.75) is 50.6 Å². The lowest BCUT2D eigenvalue weighted by molar-refractivity contribution is -0.137. The summed E-state index contributed by atoms with van der Waals surface area (Å²) in [5.74, 6) is -0.167. The van der Waals surface area contributed by atoms with Gasteiger partial charge in [0.15, 0.2) is 0 Å². The van der Waals surface area contributed by atoms with Gasteiger partial charge in [0.1, 0.15) is 0 Å². The monoisotopic (exact) mass is 240 g/mol. The van der Waals surface area contributed by atoms with Gasteiger partial charge in [-0.25, -0.2) is 0 Å². The van der Waals surface area contributed by atoms with E-state index in [1.54, 1.807) is 0 Å². The average Bonchev–Trinajstić information content (AvgIpc) is 2.53. The Bertz CT molecular complexity index is 319. The zero-order chi connectivity index (χ0) is 12.4. The quantitative estimate of drug-likeness (QED) is 0.753. The second-order valence-corrected chi connectivity index (χ2v) is 5.28. The fourth-order valence-electron chi connectivity index (χ4n) is 3.12. The van der Waals surface area contributed by atoms with Crippen molar-refractivity contribution in [1.29, 1.82) is 0 Å². The predicted octanol–water partition coefficient (Wildman–Crippen LogP) is 0.579. The van der Waals surface area contributed by atoms with Gasteiger partial charge in [0.25, 0.3) is 0 Å². The average molecular weight is 240 g/mol. The molecule has 5 heteroatoms. The van der Waals surface area contributed by atoms with E-state index < -0.39 is 5.97 Å². The molecule has 3 N–H and O–H groups in total. The van der Waals surface area contributed by atoms with Gasteiger partial charge >= 0.3 is 5.97 Å². The minimum atomic E-state index is -0.833. The zero-order valence-electron chi connectivity index (χ0n) is 9.97. The van der Waals surface area contributed by atoms with Crippen molar-refractivity contribution in [3.05, 3.63) is 0 Å². The van der Waals surface area contributed by atoms with Gasteiger partial charge in [0.05, 0.1) is 0 Å². The summed E-state index contributed by atoms with van der Waals surface area (Å²) in [6, 6.07) is 0.539. The first-order chi connectivity index (χ1) is 8.06. The van der Waals surface area contributed by atoms with Gasteiger partial charge in [-0.2, -0.15) is 0 Å². The Morgan fingerprint density at radius 2 is 2.00 bits per heavy atom. The maximum atomic E-state index is 12.0. The number of nitrogens with two attached hydrogens (primary N) is 1. The second-order valence-electron chi connectivity index (χ2n) is 5.28. The number of carboxylic acid groups (broad SMARTS) is 1. The van der Waals surface area contributed by atoms with Gasteiger partial charge in [-0.15, -0.1) is 0 Å². The molecule has 2 bridgehead atoms. The van der Waals surface area contributed by atoms with Crippen LogP contribution in [0, 0.1) is 5.92 Å². The van der Waals surface area contributed by atoms with E-state index in [1.165, 1.54) is 0 Å². The largest absolute Gasteiger partial charge is 0.481 e. The highest BCUT2D eigenvalue weighted by molar-refractivity contribution is 5.77. The van der Waals surface area contributed by atoms with Crippen molar-refractivity contribution in [3.8, 4) is 0 Å². The van der Waals surface area contributed by atoms with Gasteiger partial charge < -0.3 is 15.7 Å². The molecule has 2 rings (SSSR count). The maximum Gasteiger partial charge on any atom is 0.303 e. The number of carbonyl (C=O) groups is 2. The van der Waals surface area contributed by atoms with E-state index in [1.807, 2.05) is 4.90 Å². The number of carbonyl (C=O) groups excluding carboxylic acids is 1. The summed E-state index contributed by atoms with van der Waals surface area (Å²) >= 11 is 0. The molecular weight excluding hydrogens is 220 g/mol. The molecule has 1 aliphatic heterocycles. The van der Waals surface area contributed by atoms with Crippen LogP contribution in [0.1, 0.15) is 38.5 Å². The lowest BCUT2D eigenvalue weighted by Gasteiger charge is -2.27. The van der Waals surface area contributed by atoms with Crippen LogP contribution in [-0.2, 0) is 9.59 Å². The highest BCUT2D eigenvalue weighted by Crippen LogP contribution is 2.35. The number of likely N-dealkylation sites (tertiary alicyclic amines) is 1. The molecule has 1 amide bonds. The minimum Gasteiger partial charge on any atom is -0.481 e. The maximum absolute atomic E-state index is 12.0. The highest BCUT2D eigenvalue weighted by Gasteiger charge is 2.40. The molecule has 1 saturated heterocycles. The predicted molar refractivity (Wildman–Crippen MR) is 62.3 cm³/mol. The number of aliphatic carboxylic acids is 1. The van der Waals surface area contributed by atoms with E-state index in [2.05, 4.69) is 0 Å². The molecule has 1 heterocycles. The molecule has 1 aliphatic carbocycles. The number of hydrogen-bond donors (Lipinski definition) is 2. The smallest absolute Gasteiger partial charge is 0.303 e. The Labute approximate surface area is 101 Å². The lowest BCUT2D eigenvalue weighted by Crippen LogP contribution is -2.38.